The van der Waals surface area contributed by atoms with E-state index in [1.165, 1.54) is 5.56 Å². The van der Waals surface area contributed by atoms with Crippen molar-refractivity contribution < 1.29 is 9.59 Å². The Labute approximate surface area is 153 Å². The Morgan fingerprint density at radius 3 is 2.40 bits per heavy atom. The summed E-state index contributed by atoms with van der Waals surface area (Å²) in [4.78, 5) is 25.7. The molecule has 6 heteroatoms. The second-order valence-corrected chi connectivity index (χ2v) is 6.32. The lowest BCUT2D eigenvalue weighted by Gasteiger charge is -2.12. The van der Waals surface area contributed by atoms with Crippen LogP contribution in [0.1, 0.15) is 12.0 Å². The van der Waals surface area contributed by atoms with Gasteiger partial charge in [-0.05, 0) is 48.7 Å². The normalized spacial score (nSPS) is 10.2. The Bertz CT molecular complexity index is 730. The molecule has 0 spiro atoms. The van der Waals surface area contributed by atoms with Crippen LogP contribution in [-0.4, -0.2) is 32.5 Å². The van der Waals surface area contributed by atoms with Gasteiger partial charge < -0.3 is 15.5 Å². The van der Waals surface area contributed by atoms with Crippen molar-refractivity contribution in [1.29, 1.82) is 0 Å². The van der Waals surface area contributed by atoms with Crippen molar-refractivity contribution in [3.63, 3.8) is 0 Å². The van der Waals surface area contributed by atoms with E-state index in [4.69, 9.17) is 11.6 Å². The van der Waals surface area contributed by atoms with E-state index in [0.717, 1.165) is 18.5 Å². The highest BCUT2D eigenvalue weighted by molar-refractivity contribution is 6.39. The fourth-order valence-electron chi connectivity index (χ4n) is 2.29. The highest BCUT2D eigenvalue weighted by atomic mass is 35.5. The molecule has 0 saturated heterocycles. The number of amides is 2. The summed E-state index contributed by atoms with van der Waals surface area (Å²) in [6.45, 7) is 0.442. The second kappa shape index (κ2) is 9.08. The maximum atomic E-state index is 11.8. The van der Waals surface area contributed by atoms with Gasteiger partial charge in [-0.3, -0.25) is 9.59 Å². The summed E-state index contributed by atoms with van der Waals surface area (Å²) in [5, 5.41) is 5.64. The summed E-state index contributed by atoms with van der Waals surface area (Å²) >= 11 is 5.84. The Morgan fingerprint density at radius 2 is 1.76 bits per heavy atom. The summed E-state index contributed by atoms with van der Waals surface area (Å²) < 4.78 is 0. The molecule has 0 saturated carbocycles. The van der Waals surface area contributed by atoms with E-state index in [1.54, 1.807) is 24.3 Å². The fraction of sp³-hybridized carbons (Fsp3) is 0.263. The van der Waals surface area contributed by atoms with Crippen LogP contribution >= 0.6 is 11.6 Å². The van der Waals surface area contributed by atoms with E-state index in [9.17, 15) is 9.59 Å². The molecule has 2 aromatic carbocycles. The van der Waals surface area contributed by atoms with Crippen LogP contribution in [0.4, 0.5) is 11.4 Å². The predicted molar refractivity (Wildman–Crippen MR) is 102 cm³/mol. The number of rotatable bonds is 6. The van der Waals surface area contributed by atoms with E-state index >= 15 is 0 Å². The molecule has 5 nitrogen and oxygen atoms in total. The lowest BCUT2D eigenvalue weighted by Crippen LogP contribution is -2.36. The Kier molecular flexibility index (Phi) is 6.83. The zero-order valence-corrected chi connectivity index (χ0v) is 15.1. The standard InChI is InChI=1S/C19H22ClN3O2/c1-23(2)17-10-8-14(9-11-17)5-4-12-21-18(24)19(25)22-16-7-3-6-15(20)13-16/h3,6-11,13H,4-5,12H2,1-2H3,(H,21,24)(H,22,25). The van der Waals surface area contributed by atoms with Crippen molar-refractivity contribution in [1.82, 2.24) is 5.32 Å². The molecule has 0 fully saturated rings. The average molecular weight is 360 g/mol. The van der Waals surface area contributed by atoms with Gasteiger partial charge in [-0.25, -0.2) is 0 Å². The van der Waals surface area contributed by atoms with Gasteiger partial charge in [0.1, 0.15) is 0 Å². The number of nitrogens with one attached hydrogen (secondary N) is 2. The van der Waals surface area contributed by atoms with Crippen molar-refractivity contribution in [2.24, 2.45) is 0 Å². The molecule has 25 heavy (non-hydrogen) atoms. The minimum atomic E-state index is -0.697. The van der Waals surface area contributed by atoms with Gasteiger partial charge in [0.05, 0.1) is 0 Å². The van der Waals surface area contributed by atoms with Crippen LogP contribution < -0.4 is 15.5 Å². The molecule has 0 aliphatic carbocycles. The van der Waals surface area contributed by atoms with Crippen LogP contribution in [0, 0.1) is 0 Å². The molecule has 0 atom stereocenters. The van der Waals surface area contributed by atoms with Crippen LogP contribution in [-0.2, 0) is 16.0 Å². The molecule has 2 rings (SSSR count). The van der Waals surface area contributed by atoms with E-state index in [1.807, 2.05) is 19.0 Å². The first-order valence-electron chi connectivity index (χ1n) is 8.07. The van der Waals surface area contributed by atoms with Gasteiger partial charge in [0.25, 0.3) is 0 Å². The number of halogens is 1. The van der Waals surface area contributed by atoms with Gasteiger partial charge in [-0.1, -0.05) is 29.8 Å². The molecular formula is C19H22ClN3O2. The van der Waals surface area contributed by atoms with Gasteiger partial charge in [0, 0.05) is 37.0 Å². The summed E-state index contributed by atoms with van der Waals surface area (Å²) in [6, 6.07) is 14.9. The minimum Gasteiger partial charge on any atom is -0.378 e. The number of carbonyl (C=O) groups excluding carboxylic acids is 2. The maximum absolute atomic E-state index is 11.8. The fourth-order valence-corrected chi connectivity index (χ4v) is 2.48. The molecule has 2 amide bonds. The zero-order chi connectivity index (χ0) is 18.2. The van der Waals surface area contributed by atoms with Crippen molar-refractivity contribution in [3.05, 3.63) is 59.1 Å². The third kappa shape index (κ3) is 6.12. The topological polar surface area (TPSA) is 61.4 Å². The number of benzene rings is 2. The van der Waals surface area contributed by atoms with Gasteiger partial charge in [0.15, 0.2) is 0 Å². The van der Waals surface area contributed by atoms with Crippen LogP contribution in [0.5, 0.6) is 0 Å². The SMILES string of the molecule is CN(C)c1ccc(CCCNC(=O)C(=O)Nc2cccc(Cl)c2)cc1. The largest absolute Gasteiger partial charge is 0.378 e. The highest BCUT2D eigenvalue weighted by Crippen LogP contribution is 2.15. The van der Waals surface area contributed by atoms with Crippen LogP contribution in [0.25, 0.3) is 0 Å². The molecule has 0 bridgehead atoms. The van der Waals surface area contributed by atoms with E-state index in [0.29, 0.717) is 17.3 Å². The van der Waals surface area contributed by atoms with Gasteiger partial charge in [0.2, 0.25) is 0 Å². The molecule has 0 unspecified atom stereocenters. The first kappa shape index (κ1) is 18.8. The summed E-state index contributed by atoms with van der Waals surface area (Å²) in [6.07, 6.45) is 1.60. The van der Waals surface area contributed by atoms with E-state index in [-0.39, 0.29) is 0 Å². The average Bonchev–Trinajstić information content (AvgIpc) is 2.59. The number of aryl methyl sites for hydroxylation is 1. The number of nitrogens with zero attached hydrogens (tertiary/aromatic N) is 1. The Balaban J connectivity index is 1.71. The first-order chi connectivity index (χ1) is 12.0. The maximum Gasteiger partial charge on any atom is 0.313 e. The van der Waals surface area contributed by atoms with Crippen molar-refractivity contribution in [3.8, 4) is 0 Å². The van der Waals surface area contributed by atoms with Gasteiger partial charge in [-0.2, -0.15) is 0 Å². The van der Waals surface area contributed by atoms with Gasteiger partial charge >= 0.3 is 11.8 Å². The number of hydrogen-bond donors (Lipinski definition) is 2. The van der Waals surface area contributed by atoms with E-state index in [2.05, 4.69) is 34.9 Å². The molecule has 2 N–H and O–H groups in total. The highest BCUT2D eigenvalue weighted by Gasteiger charge is 2.13. The summed E-state index contributed by atoms with van der Waals surface area (Å²) in [7, 11) is 4.00. The predicted octanol–water partition coefficient (Wildman–Crippen LogP) is 3.09. The number of hydrogen-bond acceptors (Lipinski definition) is 3. The summed E-state index contributed by atoms with van der Waals surface area (Å²) in [5.41, 5.74) is 2.84. The second-order valence-electron chi connectivity index (χ2n) is 5.88. The third-order valence-electron chi connectivity index (χ3n) is 3.67. The third-order valence-corrected chi connectivity index (χ3v) is 3.90. The Hall–Kier alpha value is -2.53. The Morgan fingerprint density at radius 1 is 1.04 bits per heavy atom. The van der Waals surface area contributed by atoms with Crippen molar-refractivity contribution in [2.75, 3.05) is 30.9 Å². The van der Waals surface area contributed by atoms with E-state index < -0.39 is 11.8 Å². The molecule has 0 radical (unpaired) electrons. The van der Waals surface area contributed by atoms with Crippen LogP contribution in [0.2, 0.25) is 5.02 Å². The molecule has 0 aliphatic rings. The number of anilines is 2. The minimum absolute atomic E-state index is 0.442. The monoisotopic (exact) mass is 359 g/mol. The summed E-state index contributed by atoms with van der Waals surface area (Å²) in [5.74, 6) is -1.35. The number of carbonyl (C=O) groups is 2. The molecule has 0 aromatic heterocycles. The molecule has 2 aromatic rings. The first-order valence-corrected chi connectivity index (χ1v) is 8.44. The quantitative estimate of drug-likeness (QED) is 0.615. The van der Waals surface area contributed by atoms with Gasteiger partial charge in [-0.15, -0.1) is 0 Å². The van der Waals surface area contributed by atoms with Crippen molar-refractivity contribution in [2.45, 2.75) is 12.8 Å². The van der Waals surface area contributed by atoms with Crippen LogP contribution in [0.15, 0.2) is 48.5 Å². The zero-order valence-electron chi connectivity index (χ0n) is 14.4. The molecule has 132 valence electrons. The molecule has 0 heterocycles. The molecular weight excluding hydrogens is 338 g/mol. The molecule has 0 aliphatic heterocycles. The lowest BCUT2D eigenvalue weighted by atomic mass is 10.1. The lowest BCUT2D eigenvalue weighted by molar-refractivity contribution is -0.136. The smallest absolute Gasteiger partial charge is 0.313 e. The van der Waals surface area contributed by atoms with Crippen molar-refractivity contribution >= 4 is 34.8 Å². The van der Waals surface area contributed by atoms with Crippen LogP contribution in [0.3, 0.4) is 0 Å².